The van der Waals surface area contributed by atoms with Gasteiger partial charge in [-0.2, -0.15) is 0 Å². The molecule has 0 radical (unpaired) electrons. The minimum Gasteiger partial charge on any atom is -0.309 e. The van der Waals surface area contributed by atoms with Gasteiger partial charge in [0.1, 0.15) is 0 Å². The first-order valence-corrected chi connectivity index (χ1v) is 17.5. The first-order valence-electron chi connectivity index (χ1n) is 17.5. The van der Waals surface area contributed by atoms with Crippen molar-refractivity contribution < 1.29 is 0 Å². The number of anilines is 3. The van der Waals surface area contributed by atoms with Gasteiger partial charge in [-0.05, 0) is 85.6 Å². The number of rotatable bonds is 7. The molecule has 51 heavy (non-hydrogen) atoms. The summed E-state index contributed by atoms with van der Waals surface area (Å²) < 4.78 is 0. The molecule has 0 atom stereocenters. The highest BCUT2D eigenvalue weighted by atomic mass is 15.1. The summed E-state index contributed by atoms with van der Waals surface area (Å²) in [7, 11) is 0. The molecule has 0 aromatic heterocycles. The third-order valence-corrected chi connectivity index (χ3v) is 9.86. The van der Waals surface area contributed by atoms with E-state index < -0.39 is 0 Å². The molecule has 0 aliphatic heterocycles. The Hall–Kier alpha value is -6.70. The highest BCUT2D eigenvalue weighted by Gasteiger charge is 2.20. The molecule has 0 unspecified atom stereocenters. The summed E-state index contributed by atoms with van der Waals surface area (Å²) in [4.78, 5) is 2.44. The summed E-state index contributed by atoms with van der Waals surface area (Å²) in [5, 5.41) is 4.85. The van der Waals surface area contributed by atoms with Gasteiger partial charge in [-0.3, -0.25) is 0 Å². The fourth-order valence-corrected chi connectivity index (χ4v) is 7.43. The van der Waals surface area contributed by atoms with E-state index in [0.29, 0.717) is 0 Å². The minimum atomic E-state index is 1.11. The van der Waals surface area contributed by atoms with E-state index in [0.717, 1.165) is 17.1 Å². The van der Waals surface area contributed by atoms with Crippen LogP contribution in [0.15, 0.2) is 212 Å². The summed E-state index contributed by atoms with van der Waals surface area (Å²) in [6.45, 7) is 0. The summed E-state index contributed by atoms with van der Waals surface area (Å²) in [6, 6.07) is 76.7. The van der Waals surface area contributed by atoms with Gasteiger partial charge in [0.15, 0.2) is 0 Å². The van der Waals surface area contributed by atoms with Crippen LogP contribution in [0.3, 0.4) is 0 Å². The van der Waals surface area contributed by atoms with Crippen LogP contribution in [0.2, 0.25) is 0 Å². The van der Waals surface area contributed by atoms with Crippen LogP contribution in [-0.4, -0.2) is 0 Å². The lowest BCUT2D eigenvalue weighted by Gasteiger charge is -2.29. The minimum absolute atomic E-state index is 1.11. The molecule has 9 aromatic rings. The van der Waals surface area contributed by atoms with E-state index in [4.69, 9.17) is 0 Å². The maximum Gasteiger partial charge on any atom is 0.0540 e. The maximum atomic E-state index is 2.44. The van der Waals surface area contributed by atoms with E-state index in [1.54, 1.807) is 0 Å². The monoisotopic (exact) mass is 649 g/mol. The van der Waals surface area contributed by atoms with Gasteiger partial charge in [0, 0.05) is 16.5 Å². The van der Waals surface area contributed by atoms with Crippen molar-refractivity contribution in [1.29, 1.82) is 0 Å². The zero-order valence-corrected chi connectivity index (χ0v) is 28.2. The number of nitrogens with zero attached hydrogens (tertiary/aromatic N) is 1. The van der Waals surface area contributed by atoms with Gasteiger partial charge in [0.25, 0.3) is 0 Å². The Morgan fingerprint density at radius 2 is 0.745 bits per heavy atom. The zero-order chi connectivity index (χ0) is 34.0. The van der Waals surface area contributed by atoms with Crippen molar-refractivity contribution >= 4 is 38.6 Å². The number of fused-ring (bicyclic) bond motifs is 2. The van der Waals surface area contributed by atoms with Crippen LogP contribution in [0.4, 0.5) is 17.1 Å². The Morgan fingerprint density at radius 3 is 1.47 bits per heavy atom. The summed E-state index contributed by atoms with van der Waals surface area (Å²) in [5.74, 6) is 0. The van der Waals surface area contributed by atoms with Crippen LogP contribution >= 0.6 is 0 Å². The van der Waals surface area contributed by atoms with Gasteiger partial charge in [-0.25, -0.2) is 0 Å². The highest BCUT2D eigenvalue weighted by molar-refractivity contribution is 6.09. The molecule has 1 heteroatoms. The first-order chi connectivity index (χ1) is 25.3. The van der Waals surface area contributed by atoms with Crippen LogP contribution in [-0.2, 0) is 0 Å². The molecule has 0 spiro atoms. The molecule has 0 aliphatic rings. The van der Waals surface area contributed by atoms with Gasteiger partial charge in [-0.1, -0.05) is 182 Å². The molecule has 9 aromatic carbocycles. The second-order valence-corrected chi connectivity index (χ2v) is 12.9. The molecule has 0 fully saturated rings. The van der Waals surface area contributed by atoms with Gasteiger partial charge < -0.3 is 4.90 Å². The zero-order valence-electron chi connectivity index (χ0n) is 28.2. The van der Waals surface area contributed by atoms with E-state index in [1.165, 1.54) is 66.1 Å². The van der Waals surface area contributed by atoms with Crippen molar-refractivity contribution in [3.8, 4) is 44.5 Å². The topological polar surface area (TPSA) is 3.24 Å². The van der Waals surface area contributed by atoms with E-state index in [9.17, 15) is 0 Å². The van der Waals surface area contributed by atoms with E-state index in [-0.39, 0.29) is 0 Å². The smallest absolute Gasteiger partial charge is 0.0540 e. The van der Waals surface area contributed by atoms with Crippen molar-refractivity contribution in [3.63, 3.8) is 0 Å². The molecule has 0 saturated heterocycles. The van der Waals surface area contributed by atoms with E-state index in [2.05, 4.69) is 217 Å². The van der Waals surface area contributed by atoms with Crippen LogP contribution in [0, 0.1) is 0 Å². The Balaban J connectivity index is 1.25. The predicted molar refractivity (Wildman–Crippen MR) is 218 cm³/mol. The second kappa shape index (κ2) is 13.3. The van der Waals surface area contributed by atoms with Crippen LogP contribution < -0.4 is 4.90 Å². The fourth-order valence-electron chi connectivity index (χ4n) is 7.43. The molecule has 9 rings (SSSR count). The lowest BCUT2D eigenvalue weighted by Crippen LogP contribution is -2.11. The molecule has 0 aliphatic carbocycles. The lowest BCUT2D eigenvalue weighted by atomic mass is 9.91. The molecule has 0 N–H and O–H groups in total. The van der Waals surface area contributed by atoms with E-state index >= 15 is 0 Å². The van der Waals surface area contributed by atoms with Gasteiger partial charge in [0.05, 0.1) is 11.4 Å². The van der Waals surface area contributed by atoms with Crippen molar-refractivity contribution in [2.75, 3.05) is 4.90 Å². The molecule has 240 valence electrons. The Kier molecular flexibility index (Phi) is 7.92. The molecule has 0 bridgehead atoms. The number of hydrogen-bond acceptors (Lipinski definition) is 1. The van der Waals surface area contributed by atoms with Crippen molar-refractivity contribution in [2.45, 2.75) is 0 Å². The SMILES string of the molecule is c1ccc(-c2ccc(-c3cccc(N(c4cccc5ccccc45)c4ccc(-c5ccccc5)c5ccccc45)c3)cc2-c2ccccc2)cc1. The maximum absolute atomic E-state index is 2.44. The summed E-state index contributed by atoms with van der Waals surface area (Å²) in [5.41, 5.74) is 13.0. The predicted octanol–water partition coefficient (Wildman–Crippen LogP) is 14.1. The van der Waals surface area contributed by atoms with Gasteiger partial charge >= 0.3 is 0 Å². The lowest BCUT2D eigenvalue weighted by molar-refractivity contribution is 1.31. The third-order valence-electron chi connectivity index (χ3n) is 9.86. The Bertz CT molecular complexity index is 2620. The quantitative estimate of drug-likeness (QED) is 0.166. The molecule has 0 heterocycles. The van der Waals surface area contributed by atoms with Crippen molar-refractivity contribution in [2.24, 2.45) is 0 Å². The summed E-state index contributed by atoms with van der Waals surface area (Å²) >= 11 is 0. The fraction of sp³-hybridized carbons (Fsp3) is 0. The van der Waals surface area contributed by atoms with Crippen LogP contribution in [0.1, 0.15) is 0 Å². The van der Waals surface area contributed by atoms with Crippen molar-refractivity contribution in [3.05, 3.63) is 212 Å². The average Bonchev–Trinajstić information content (AvgIpc) is 3.22. The summed E-state index contributed by atoms with van der Waals surface area (Å²) in [6.07, 6.45) is 0. The molecular formula is C50H35N. The van der Waals surface area contributed by atoms with Gasteiger partial charge in [0.2, 0.25) is 0 Å². The molecular weight excluding hydrogens is 615 g/mol. The van der Waals surface area contributed by atoms with E-state index in [1.807, 2.05) is 0 Å². The van der Waals surface area contributed by atoms with Crippen LogP contribution in [0.5, 0.6) is 0 Å². The standard InChI is InChI=1S/C50H35N/c1-4-16-36(17-5-1)43-32-33-50(47-28-13-12-27-46(43)47)51(49-29-15-23-38-22-10-11-26-45(38)49)42-25-14-24-40(34-42)41-30-31-44(37-18-6-2-7-19-37)48(35-41)39-20-8-3-9-21-39/h1-35H. The third kappa shape index (κ3) is 5.75. The van der Waals surface area contributed by atoms with Crippen molar-refractivity contribution in [1.82, 2.24) is 0 Å². The number of hydrogen-bond donors (Lipinski definition) is 0. The normalized spacial score (nSPS) is 11.1. The van der Waals surface area contributed by atoms with Crippen LogP contribution in [0.25, 0.3) is 66.1 Å². The largest absolute Gasteiger partial charge is 0.309 e. The first kappa shape index (κ1) is 30.4. The highest BCUT2D eigenvalue weighted by Crippen LogP contribution is 2.45. The Morgan fingerprint density at radius 1 is 0.255 bits per heavy atom. The Labute approximate surface area is 299 Å². The molecule has 1 nitrogen and oxygen atoms in total. The molecule has 0 amide bonds. The second-order valence-electron chi connectivity index (χ2n) is 12.9. The average molecular weight is 650 g/mol. The van der Waals surface area contributed by atoms with Gasteiger partial charge in [-0.15, -0.1) is 0 Å². The molecule has 0 saturated carbocycles. The number of benzene rings is 9.